The van der Waals surface area contributed by atoms with Crippen molar-refractivity contribution in [3.63, 3.8) is 0 Å². The summed E-state index contributed by atoms with van der Waals surface area (Å²) in [4.78, 5) is 0. The lowest BCUT2D eigenvalue weighted by atomic mass is 9.92. The number of nitrogens with one attached hydrogen (secondary N) is 1. The Bertz CT molecular complexity index is 343. The zero-order valence-electron chi connectivity index (χ0n) is 8.76. The number of rotatable bonds is 2. The van der Waals surface area contributed by atoms with Crippen molar-refractivity contribution < 1.29 is 8.78 Å². The molecule has 0 radical (unpaired) electrons. The molecule has 1 fully saturated rings. The maximum atomic E-state index is 12.6. The molecule has 1 aromatic carbocycles. The maximum Gasteiger partial charge on any atom is 0.263 e. The average Bonchev–Trinajstić information content (AvgIpc) is 2.71. The van der Waals surface area contributed by atoms with Crippen molar-refractivity contribution in [2.75, 3.05) is 13.1 Å². The van der Waals surface area contributed by atoms with E-state index in [2.05, 4.69) is 5.32 Å². The molecule has 0 aromatic heterocycles. The predicted molar refractivity (Wildman–Crippen MR) is 56.4 cm³/mol. The van der Waals surface area contributed by atoms with Gasteiger partial charge in [-0.15, -0.1) is 0 Å². The zero-order valence-corrected chi connectivity index (χ0v) is 8.76. The van der Waals surface area contributed by atoms with Gasteiger partial charge in [0, 0.05) is 12.1 Å². The summed E-state index contributed by atoms with van der Waals surface area (Å²) in [7, 11) is 0. The zero-order chi connectivity index (χ0) is 10.8. The second-order valence-corrected chi connectivity index (χ2v) is 4.11. The lowest BCUT2D eigenvalue weighted by Crippen LogP contribution is -2.09. The van der Waals surface area contributed by atoms with Crippen molar-refractivity contribution >= 4 is 0 Å². The number of hydrogen-bond donors (Lipinski definition) is 1. The number of benzene rings is 1. The first-order chi connectivity index (χ1) is 7.18. The Morgan fingerprint density at radius 1 is 1.40 bits per heavy atom. The summed E-state index contributed by atoms with van der Waals surface area (Å²) >= 11 is 0. The number of hydrogen-bond acceptors (Lipinski definition) is 1. The van der Waals surface area contributed by atoms with Crippen molar-refractivity contribution in [3.8, 4) is 0 Å². The van der Waals surface area contributed by atoms with Crippen molar-refractivity contribution in [1.82, 2.24) is 5.32 Å². The maximum absolute atomic E-state index is 12.6. The largest absolute Gasteiger partial charge is 0.316 e. The summed E-state index contributed by atoms with van der Waals surface area (Å²) in [6, 6.07) is 4.98. The van der Waals surface area contributed by atoms with Crippen LogP contribution in [0.4, 0.5) is 8.78 Å². The summed E-state index contributed by atoms with van der Waals surface area (Å²) < 4.78 is 25.1. The molecule has 1 N–H and O–H groups in total. The monoisotopic (exact) mass is 211 g/mol. The average molecular weight is 211 g/mol. The fourth-order valence-corrected chi connectivity index (χ4v) is 2.15. The van der Waals surface area contributed by atoms with Gasteiger partial charge in [-0.25, -0.2) is 8.78 Å². The first-order valence-corrected chi connectivity index (χ1v) is 5.28. The van der Waals surface area contributed by atoms with Gasteiger partial charge in [0.05, 0.1) is 0 Å². The van der Waals surface area contributed by atoms with Crippen molar-refractivity contribution in [2.24, 2.45) is 0 Å². The Morgan fingerprint density at radius 2 is 2.20 bits per heavy atom. The molecular formula is C12H15F2N. The summed E-state index contributed by atoms with van der Waals surface area (Å²) in [5, 5.41) is 3.26. The molecule has 1 aromatic rings. The number of aryl methyl sites for hydroxylation is 1. The van der Waals surface area contributed by atoms with Gasteiger partial charge < -0.3 is 5.32 Å². The van der Waals surface area contributed by atoms with Crippen molar-refractivity contribution in [1.29, 1.82) is 0 Å². The minimum absolute atomic E-state index is 0.141. The third kappa shape index (κ3) is 2.17. The highest BCUT2D eigenvalue weighted by Gasteiger charge is 2.19. The molecule has 0 amide bonds. The molecule has 1 saturated heterocycles. The fourth-order valence-electron chi connectivity index (χ4n) is 2.15. The van der Waals surface area contributed by atoms with Gasteiger partial charge in [-0.2, -0.15) is 0 Å². The van der Waals surface area contributed by atoms with E-state index in [0.717, 1.165) is 30.6 Å². The number of alkyl halides is 2. The van der Waals surface area contributed by atoms with Crippen molar-refractivity contribution in [3.05, 3.63) is 34.9 Å². The van der Waals surface area contributed by atoms with Crippen LogP contribution in [0.2, 0.25) is 0 Å². The molecule has 0 aliphatic carbocycles. The Hall–Kier alpha value is -0.960. The van der Waals surface area contributed by atoms with Crippen LogP contribution >= 0.6 is 0 Å². The Kier molecular flexibility index (Phi) is 3.00. The van der Waals surface area contributed by atoms with E-state index in [-0.39, 0.29) is 5.56 Å². The molecule has 1 aliphatic heterocycles. The summed E-state index contributed by atoms with van der Waals surface area (Å²) in [5.74, 6) is 0.406. The van der Waals surface area contributed by atoms with E-state index in [1.807, 2.05) is 6.92 Å². The van der Waals surface area contributed by atoms with E-state index < -0.39 is 6.43 Å². The third-order valence-electron chi connectivity index (χ3n) is 3.06. The second kappa shape index (κ2) is 4.27. The lowest BCUT2D eigenvalue weighted by molar-refractivity contribution is 0.151. The van der Waals surface area contributed by atoms with E-state index in [4.69, 9.17) is 0 Å². The minimum atomic E-state index is -2.36. The lowest BCUT2D eigenvalue weighted by Gasteiger charge is -2.14. The predicted octanol–water partition coefficient (Wildman–Crippen LogP) is 3.01. The van der Waals surface area contributed by atoms with E-state index in [9.17, 15) is 8.78 Å². The highest BCUT2D eigenvalue weighted by atomic mass is 19.3. The summed E-state index contributed by atoms with van der Waals surface area (Å²) in [5.41, 5.74) is 2.34. The van der Waals surface area contributed by atoms with Gasteiger partial charge in [0.25, 0.3) is 6.43 Å². The molecule has 0 saturated carbocycles. The molecule has 0 bridgehead atoms. The summed E-state index contributed by atoms with van der Waals surface area (Å²) in [6.07, 6.45) is -1.31. The SMILES string of the molecule is Cc1ccc(C(F)F)cc1C1CCNC1. The van der Waals surface area contributed by atoms with Crippen LogP contribution in [-0.2, 0) is 0 Å². The van der Waals surface area contributed by atoms with Gasteiger partial charge in [-0.05, 0) is 43.0 Å². The van der Waals surface area contributed by atoms with Crippen LogP contribution in [0.1, 0.15) is 35.5 Å². The van der Waals surface area contributed by atoms with Crippen LogP contribution in [0.5, 0.6) is 0 Å². The Balaban J connectivity index is 2.31. The van der Waals surface area contributed by atoms with Crippen LogP contribution in [0.15, 0.2) is 18.2 Å². The number of halogens is 2. The van der Waals surface area contributed by atoms with Crippen LogP contribution in [0.3, 0.4) is 0 Å². The van der Waals surface area contributed by atoms with Gasteiger partial charge in [-0.3, -0.25) is 0 Å². The molecule has 0 spiro atoms. The topological polar surface area (TPSA) is 12.0 Å². The van der Waals surface area contributed by atoms with Gasteiger partial charge in [0.2, 0.25) is 0 Å². The van der Waals surface area contributed by atoms with Gasteiger partial charge in [-0.1, -0.05) is 12.1 Å². The highest BCUT2D eigenvalue weighted by molar-refractivity contribution is 5.35. The molecule has 1 nitrogen and oxygen atoms in total. The molecular weight excluding hydrogens is 196 g/mol. The molecule has 2 rings (SSSR count). The molecule has 1 aliphatic rings. The van der Waals surface area contributed by atoms with E-state index in [1.54, 1.807) is 12.1 Å². The van der Waals surface area contributed by atoms with Crippen LogP contribution in [0.25, 0.3) is 0 Å². The normalized spacial score (nSPS) is 21.2. The minimum Gasteiger partial charge on any atom is -0.316 e. The smallest absolute Gasteiger partial charge is 0.263 e. The van der Waals surface area contributed by atoms with E-state index in [1.165, 1.54) is 6.07 Å². The van der Waals surface area contributed by atoms with E-state index >= 15 is 0 Å². The molecule has 3 heteroatoms. The van der Waals surface area contributed by atoms with Crippen LogP contribution < -0.4 is 5.32 Å². The molecule has 1 atom stereocenters. The van der Waals surface area contributed by atoms with Gasteiger partial charge >= 0.3 is 0 Å². The molecule has 1 unspecified atom stereocenters. The van der Waals surface area contributed by atoms with Crippen LogP contribution in [0, 0.1) is 6.92 Å². The van der Waals surface area contributed by atoms with Gasteiger partial charge in [0.1, 0.15) is 0 Å². The third-order valence-corrected chi connectivity index (χ3v) is 3.06. The fraction of sp³-hybridized carbons (Fsp3) is 0.500. The second-order valence-electron chi connectivity index (χ2n) is 4.11. The Morgan fingerprint density at radius 3 is 2.80 bits per heavy atom. The Labute approximate surface area is 88.5 Å². The first-order valence-electron chi connectivity index (χ1n) is 5.28. The quantitative estimate of drug-likeness (QED) is 0.793. The van der Waals surface area contributed by atoms with Crippen molar-refractivity contribution in [2.45, 2.75) is 25.7 Å². The van der Waals surface area contributed by atoms with Crippen LogP contribution in [-0.4, -0.2) is 13.1 Å². The molecule has 15 heavy (non-hydrogen) atoms. The van der Waals surface area contributed by atoms with Gasteiger partial charge in [0.15, 0.2) is 0 Å². The molecule has 82 valence electrons. The summed E-state index contributed by atoms with van der Waals surface area (Å²) in [6.45, 7) is 3.89. The molecule has 1 heterocycles. The van der Waals surface area contributed by atoms with E-state index in [0.29, 0.717) is 5.92 Å². The standard InChI is InChI=1S/C12H15F2N/c1-8-2-3-9(12(13)14)6-11(8)10-4-5-15-7-10/h2-3,6,10,12,15H,4-5,7H2,1H3. The first kappa shape index (κ1) is 10.6. The highest BCUT2D eigenvalue weighted by Crippen LogP contribution is 2.29.